The molecule has 140 valence electrons. The number of alkyl halides is 3. The molecule has 0 spiro atoms. The second-order valence-corrected chi connectivity index (χ2v) is 6.38. The average Bonchev–Trinajstić information content (AvgIpc) is 2.57. The molecule has 1 saturated heterocycles. The fourth-order valence-corrected chi connectivity index (χ4v) is 3.21. The number of nitrogens with one attached hydrogen (secondary N) is 1. The van der Waals surface area contributed by atoms with Gasteiger partial charge in [0.25, 0.3) is 0 Å². The van der Waals surface area contributed by atoms with Crippen LogP contribution in [0.15, 0.2) is 24.3 Å². The molecular weight excluding hydrogens is 331 g/mol. The number of benzene rings is 1. The van der Waals surface area contributed by atoms with E-state index in [1.165, 1.54) is 0 Å². The van der Waals surface area contributed by atoms with Crippen molar-refractivity contribution in [3.63, 3.8) is 0 Å². The van der Waals surface area contributed by atoms with E-state index in [1.807, 2.05) is 24.3 Å². The summed E-state index contributed by atoms with van der Waals surface area (Å²) in [6.45, 7) is 6.37. The molecule has 1 amide bonds. The van der Waals surface area contributed by atoms with Gasteiger partial charge in [0, 0.05) is 31.0 Å². The topological polar surface area (TPSA) is 35.6 Å². The Morgan fingerprint density at radius 2 is 1.88 bits per heavy atom. The van der Waals surface area contributed by atoms with Crippen molar-refractivity contribution in [1.82, 2.24) is 4.90 Å². The van der Waals surface area contributed by atoms with Gasteiger partial charge in [0.05, 0.1) is 12.5 Å². The van der Waals surface area contributed by atoms with Crippen LogP contribution >= 0.6 is 0 Å². The van der Waals surface area contributed by atoms with E-state index in [0.717, 1.165) is 18.8 Å². The highest BCUT2D eigenvalue weighted by Crippen LogP contribution is 2.33. The summed E-state index contributed by atoms with van der Waals surface area (Å²) in [6.07, 6.45) is -3.57. The number of carbonyl (C=O) groups is 1. The molecule has 1 N–H and O–H groups in total. The Bertz CT molecular complexity index is 556. The molecule has 0 bridgehead atoms. The molecular formula is C18H26F3N3O. The van der Waals surface area contributed by atoms with Crippen LogP contribution in [0.25, 0.3) is 0 Å². The SMILES string of the molecule is CCN(CC)c1ccc(NC(=O)CN2CCC[C@H](C(F)(F)F)C2)cc1. The summed E-state index contributed by atoms with van der Waals surface area (Å²) in [5, 5.41) is 2.76. The molecule has 1 heterocycles. The minimum absolute atomic E-state index is 0.00955. The quantitative estimate of drug-likeness (QED) is 0.842. The maximum Gasteiger partial charge on any atom is 0.393 e. The van der Waals surface area contributed by atoms with E-state index in [1.54, 1.807) is 4.90 Å². The molecule has 7 heteroatoms. The zero-order valence-corrected chi connectivity index (χ0v) is 14.8. The number of hydrogen-bond donors (Lipinski definition) is 1. The predicted molar refractivity (Wildman–Crippen MR) is 93.9 cm³/mol. The minimum atomic E-state index is -4.19. The number of rotatable bonds is 6. The maximum absolute atomic E-state index is 12.8. The number of amides is 1. The summed E-state index contributed by atoms with van der Waals surface area (Å²) in [7, 11) is 0. The summed E-state index contributed by atoms with van der Waals surface area (Å²) in [6, 6.07) is 7.51. The minimum Gasteiger partial charge on any atom is -0.372 e. The van der Waals surface area contributed by atoms with Gasteiger partial charge >= 0.3 is 6.18 Å². The third-order valence-electron chi connectivity index (χ3n) is 4.62. The van der Waals surface area contributed by atoms with Crippen LogP contribution in [0.3, 0.4) is 0 Å². The first-order chi connectivity index (χ1) is 11.8. The van der Waals surface area contributed by atoms with Crippen LogP contribution < -0.4 is 10.2 Å². The van der Waals surface area contributed by atoms with E-state index in [4.69, 9.17) is 0 Å². The summed E-state index contributed by atoms with van der Waals surface area (Å²) in [4.78, 5) is 15.9. The molecule has 0 aliphatic carbocycles. The molecule has 4 nitrogen and oxygen atoms in total. The lowest BCUT2D eigenvalue weighted by atomic mass is 9.97. The molecule has 0 aromatic heterocycles. The van der Waals surface area contributed by atoms with Crippen LogP contribution in [0.5, 0.6) is 0 Å². The number of anilines is 2. The Morgan fingerprint density at radius 3 is 2.44 bits per heavy atom. The van der Waals surface area contributed by atoms with Gasteiger partial charge in [-0.1, -0.05) is 0 Å². The van der Waals surface area contributed by atoms with Gasteiger partial charge in [0.1, 0.15) is 0 Å². The molecule has 25 heavy (non-hydrogen) atoms. The first kappa shape index (κ1) is 19.6. The van der Waals surface area contributed by atoms with Crippen molar-refractivity contribution >= 4 is 17.3 Å². The summed E-state index contributed by atoms with van der Waals surface area (Å²) in [5.74, 6) is -1.61. The highest BCUT2D eigenvalue weighted by Gasteiger charge is 2.41. The van der Waals surface area contributed by atoms with Gasteiger partial charge in [0.2, 0.25) is 5.91 Å². The Labute approximate surface area is 147 Å². The largest absolute Gasteiger partial charge is 0.393 e. The van der Waals surface area contributed by atoms with Gasteiger partial charge in [0.15, 0.2) is 0 Å². The molecule has 0 saturated carbocycles. The molecule has 1 aliphatic heterocycles. The van der Waals surface area contributed by atoms with E-state index >= 15 is 0 Å². The molecule has 0 unspecified atom stereocenters. The van der Waals surface area contributed by atoms with Gasteiger partial charge in [-0.2, -0.15) is 13.2 Å². The lowest BCUT2D eigenvalue weighted by Crippen LogP contribution is -2.44. The number of piperidine rings is 1. The van der Waals surface area contributed by atoms with Gasteiger partial charge in [-0.05, 0) is 57.5 Å². The normalized spacial score (nSPS) is 18.8. The molecule has 1 atom stereocenters. The molecule has 1 aliphatic rings. The van der Waals surface area contributed by atoms with E-state index in [-0.39, 0.29) is 25.4 Å². The van der Waals surface area contributed by atoms with Crippen LogP contribution in [0.4, 0.5) is 24.5 Å². The van der Waals surface area contributed by atoms with Crippen LogP contribution in [0.2, 0.25) is 0 Å². The Hall–Kier alpha value is -1.76. The zero-order chi connectivity index (χ0) is 18.4. The van der Waals surface area contributed by atoms with Crippen molar-refractivity contribution in [2.75, 3.05) is 42.9 Å². The third kappa shape index (κ3) is 5.63. The van der Waals surface area contributed by atoms with E-state index in [9.17, 15) is 18.0 Å². The van der Waals surface area contributed by atoms with Gasteiger partial charge in [-0.15, -0.1) is 0 Å². The van der Waals surface area contributed by atoms with Crippen molar-refractivity contribution in [2.24, 2.45) is 5.92 Å². The number of hydrogen-bond acceptors (Lipinski definition) is 3. The van der Waals surface area contributed by atoms with Gasteiger partial charge in [-0.25, -0.2) is 0 Å². The van der Waals surface area contributed by atoms with Crippen LogP contribution in [0, 0.1) is 5.92 Å². The lowest BCUT2D eigenvalue weighted by Gasteiger charge is -2.33. The van der Waals surface area contributed by atoms with Gasteiger partial charge < -0.3 is 10.2 Å². The maximum atomic E-state index is 12.8. The van der Waals surface area contributed by atoms with E-state index < -0.39 is 12.1 Å². The van der Waals surface area contributed by atoms with E-state index in [2.05, 4.69) is 24.1 Å². The second-order valence-electron chi connectivity index (χ2n) is 6.38. The molecule has 1 aromatic rings. The van der Waals surface area contributed by atoms with Crippen molar-refractivity contribution in [3.8, 4) is 0 Å². The predicted octanol–water partition coefficient (Wildman–Crippen LogP) is 3.75. The van der Waals surface area contributed by atoms with Gasteiger partial charge in [-0.3, -0.25) is 9.69 Å². The van der Waals surface area contributed by atoms with Crippen LogP contribution in [0.1, 0.15) is 26.7 Å². The summed E-state index contributed by atoms with van der Waals surface area (Å²) in [5.41, 5.74) is 1.73. The first-order valence-electron chi connectivity index (χ1n) is 8.77. The number of halogens is 3. The third-order valence-corrected chi connectivity index (χ3v) is 4.62. The van der Waals surface area contributed by atoms with E-state index in [0.29, 0.717) is 18.7 Å². The monoisotopic (exact) mass is 357 g/mol. The second kappa shape index (κ2) is 8.56. The number of likely N-dealkylation sites (tertiary alicyclic amines) is 1. The highest BCUT2D eigenvalue weighted by atomic mass is 19.4. The lowest BCUT2D eigenvalue weighted by molar-refractivity contribution is -0.186. The van der Waals surface area contributed by atoms with Crippen molar-refractivity contribution in [2.45, 2.75) is 32.9 Å². The fraction of sp³-hybridized carbons (Fsp3) is 0.611. The Balaban J connectivity index is 1.87. The van der Waals surface area contributed by atoms with Crippen LogP contribution in [-0.4, -0.2) is 49.7 Å². The number of carbonyl (C=O) groups excluding carboxylic acids is 1. The van der Waals surface area contributed by atoms with Crippen molar-refractivity contribution in [1.29, 1.82) is 0 Å². The highest BCUT2D eigenvalue weighted by molar-refractivity contribution is 5.92. The van der Waals surface area contributed by atoms with Crippen molar-refractivity contribution in [3.05, 3.63) is 24.3 Å². The molecule has 1 aromatic carbocycles. The average molecular weight is 357 g/mol. The smallest absolute Gasteiger partial charge is 0.372 e. The summed E-state index contributed by atoms with van der Waals surface area (Å²) >= 11 is 0. The first-order valence-corrected chi connectivity index (χ1v) is 8.77. The molecule has 1 fully saturated rings. The van der Waals surface area contributed by atoms with Crippen LogP contribution in [-0.2, 0) is 4.79 Å². The summed E-state index contributed by atoms with van der Waals surface area (Å²) < 4.78 is 38.5. The molecule has 0 radical (unpaired) electrons. The molecule has 2 rings (SSSR count). The zero-order valence-electron chi connectivity index (χ0n) is 14.8. The van der Waals surface area contributed by atoms with Crippen molar-refractivity contribution < 1.29 is 18.0 Å². The standard InChI is InChI=1S/C18H26F3N3O/c1-3-24(4-2)16-9-7-15(8-10-16)22-17(25)13-23-11-5-6-14(12-23)18(19,20)21/h7-10,14H,3-6,11-13H2,1-2H3,(H,22,25)/t14-/m0/s1. The Morgan fingerprint density at radius 1 is 1.24 bits per heavy atom. The number of nitrogens with zero attached hydrogens (tertiary/aromatic N) is 2. The fourth-order valence-electron chi connectivity index (χ4n) is 3.21. The Kier molecular flexibility index (Phi) is 6.70.